The predicted molar refractivity (Wildman–Crippen MR) is 149 cm³/mol. The van der Waals surface area contributed by atoms with E-state index in [1.165, 1.54) is 0 Å². The molecule has 0 unspecified atom stereocenters. The van der Waals surface area contributed by atoms with Crippen molar-refractivity contribution in [2.24, 2.45) is 0 Å². The minimum Gasteiger partial charge on any atom is -0.455 e. The molecule has 1 nitrogen and oxygen atoms in total. The highest BCUT2D eigenvalue weighted by Crippen LogP contribution is 2.42. The zero-order valence-corrected chi connectivity index (χ0v) is 17.4. The van der Waals surface area contributed by atoms with Crippen molar-refractivity contribution >= 4 is 65.0 Å². The summed E-state index contributed by atoms with van der Waals surface area (Å²) in [5.74, 6) is 0. The lowest BCUT2D eigenvalue weighted by Gasteiger charge is -2.14. The van der Waals surface area contributed by atoms with Crippen LogP contribution in [0.1, 0.15) is 27.4 Å². The third-order valence-corrected chi connectivity index (χ3v) is 5.87. The fourth-order valence-electron chi connectivity index (χ4n) is 4.35. The highest BCUT2D eigenvalue weighted by Gasteiger charge is 2.15. The monoisotopic (exact) mass is 464 g/mol. The maximum absolute atomic E-state index is 9.58. The molecule has 1 aromatic heterocycles. The van der Waals surface area contributed by atoms with Gasteiger partial charge < -0.3 is 4.42 Å². The lowest BCUT2D eigenvalue weighted by molar-refractivity contribution is 0.672. The SMILES string of the molecule is [2H]c1c(-c2c3c([2H])c([2H])c([2H])c([2H])c3c([2H])c3c2c([2H])c([2H])c2c([2H])c([2H])c([2H])c([2H])c23)c([2H])c2c(oc3c4c([2H])c([2H])c([2H])c([2H])c4c([2H])c([2H])c32)c1[2H]. The summed E-state index contributed by atoms with van der Waals surface area (Å²) >= 11 is 0. The molecule has 1 heterocycles. The van der Waals surface area contributed by atoms with E-state index < -0.39 is 181 Å². The quantitative estimate of drug-likeness (QED) is 0.174. The van der Waals surface area contributed by atoms with E-state index in [1.807, 2.05) is 0 Å². The molecule has 35 heavy (non-hydrogen) atoms. The predicted octanol–water partition coefficient (Wildman–Crippen LogP) is 9.87. The highest BCUT2D eigenvalue weighted by atomic mass is 16.3. The Morgan fingerprint density at radius 1 is 0.429 bits per heavy atom. The lowest BCUT2D eigenvalue weighted by atomic mass is 9.89. The average Bonchev–Trinajstić information content (AvgIpc) is 3.56. The van der Waals surface area contributed by atoms with Crippen LogP contribution in [0.15, 0.2) is 125 Å². The van der Waals surface area contributed by atoms with E-state index in [2.05, 4.69) is 0 Å². The Balaban J connectivity index is 1.74. The first-order valence-electron chi connectivity index (χ1n) is 20.4. The Kier molecular flexibility index (Phi) is 1.58. The molecule has 0 saturated heterocycles. The molecule has 0 fully saturated rings. The van der Waals surface area contributed by atoms with Gasteiger partial charge in [0.05, 0.1) is 27.4 Å². The molecule has 1 heteroatoms. The van der Waals surface area contributed by atoms with E-state index in [9.17, 15) is 5.48 Å². The summed E-state index contributed by atoms with van der Waals surface area (Å²) in [6.07, 6.45) is 0. The van der Waals surface area contributed by atoms with Crippen LogP contribution in [0.2, 0.25) is 0 Å². The van der Waals surface area contributed by atoms with Crippen molar-refractivity contribution in [3.8, 4) is 11.1 Å². The zero-order chi connectivity index (χ0) is 40.3. The first-order valence-corrected chi connectivity index (χ1v) is 10.4. The third kappa shape index (κ3) is 2.64. The zero-order valence-electron chi connectivity index (χ0n) is 37.4. The third-order valence-electron chi connectivity index (χ3n) is 5.87. The van der Waals surface area contributed by atoms with Gasteiger partial charge >= 0.3 is 0 Å². The highest BCUT2D eigenvalue weighted by molar-refractivity contribution is 6.21. The maximum atomic E-state index is 9.58. The van der Waals surface area contributed by atoms with Gasteiger partial charge in [-0.2, -0.15) is 0 Å². The first-order chi connectivity index (χ1) is 25.7. The molecule has 0 aliphatic heterocycles. The lowest BCUT2D eigenvalue weighted by Crippen LogP contribution is -1.87. The molecule has 0 atom stereocenters. The molecule has 0 bridgehead atoms. The van der Waals surface area contributed by atoms with Crippen molar-refractivity contribution in [1.82, 2.24) is 0 Å². The number of rotatable bonds is 1. The molecular weight excluding hydrogens is 424 g/mol. The molecule has 0 N–H and O–H groups in total. The van der Waals surface area contributed by atoms with Crippen LogP contribution in [0, 0.1) is 0 Å². The van der Waals surface area contributed by atoms with Crippen LogP contribution in [0.4, 0.5) is 0 Å². The molecular formula is C34H20O. The van der Waals surface area contributed by atoms with Crippen LogP contribution in [0.3, 0.4) is 0 Å². The van der Waals surface area contributed by atoms with E-state index in [1.54, 1.807) is 0 Å². The van der Waals surface area contributed by atoms with Crippen LogP contribution in [0.25, 0.3) is 76.2 Å². The first kappa shape index (κ1) is 7.96. The number of fused-ring (bicyclic) bond motifs is 9. The molecule has 0 aliphatic rings. The van der Waals surface area contributed by atoms with Crippen LogP contribution in [-0.4, -0.2) is 0 Å². The summed E-state index contributed by atoms with van der Waals surface area (Å²) in [7, 11) is 0. The second-order valence-electron chi connectivity index (χ2n) is 7.76. The summed E-state index contributed by atoms with van der Waals surface area (Å²) in [6, 6.07) is -14.7. The molecule has 8 aromatic rings. The Morgan fingerprint density at radius 2 is 1.09 bits per heavy atom. The normalized spacial score (nSPS) is 20.0. The van der Waals surface area contributed by atoms with Gasteiger partial charge in [0, 0.05) is 16.2 Å². The van der Waals surface area contributed by atoms with Gasteiger partial charge in [-0.05, 0) is 73.0 Å². The Labute approximate surface area is 229 Å². The van der Waals surface area contributed by atoms with Gasteiger partial charge in [-0.1, -0.05) is 96.7 Å². The topological polar surface area (TPSA) is 13.1 Å². The van der Waals surface area contributed by atoms with E-state index >= 15 is 0 Å². The second kappa shape index (κ2) is 6.94. The summed E-state index contributed by atoms with van der Waals surface area (Å²) in [4.78, 5) is 0. The van der Waals surface area contributed by atoms with Crippen molar-refractivity contribution in [1.29, 1.82) is 0 Å². The minimum atomic E-state index is -0.825. The smallest absolute Gasteiger partial charge is 0.143 e. The van der Waals surface area contributed by atoms with E-state index in [-0.39, 0.29) is 16.2 Å². The molecule has 0 amide bonds. The maximum Gasteiger partial charge on any atom is 0.143 e. The van der Waals surface area contributed by atoms with Gasteiger partial charge in [-0.15, -0.1) is 0 Å². The number of hydrogen-bond donors (Lipinski definition) is 0. The summed E-state index contributed by atoms with van der Waals surface area (Å²) in [5, 5.41) is -4.31. The Morgan fingerprint density at radius 3 is 1.91 bits per heavy atom. The minimum absolute atomic E-state index is 0.332. The summed E-state index contributed by atoms with van der Waals surface area (Å²) in [5.41, 5.74) is -2.01. The van der Waals surface area contributed by atoms with Crippen LogP contribution in [-0.2, 0) is 0 Å². The molecule has 0 aliphatic carbocycles. The van der Waals surface area contributed by atoms with Crippen molar-refractivity contribution in [3.63, 3.8) is 0 Å². The van der Waals surface area contributed by atoms with Gasteiger partial charge in [0.25, 0.3) is 0 Å². The van der Waals surface area contributed by atoms with Crippen LogP contribution >= 0.6 is 0 Å². The molecule has 8 rings (SSSR count). The van der Waals surface area contributed by atoms with E-state index in [0.29, 0.717) is 0 Å². The summed E-state index contributed by atoms with van der Waals surface area (Å²) < 4.78 is 181. The molecule has 0 spiro atoms. The Hall–Kier alpha value is -4.62. The largest absolute Gasteiger partial charge is 0.455 e. The summed E-state index contributed by atoms with van der Waals surface area (Å²) in [6.45, 7) is 0. The fraction of sp³-hybridized carbons (Fsp3) is 0. The van der Waals surface area contributed by atoms with Gasteiger partial charge in [-0.3, -0.25) is 0 Å². The van der Waals surface area contributed by atoms with Gasteiger partial charge in [0.2, 0.25) is 0 Å². The van der Waals surface area contributed by atoms with Crippen molar-refractivity contribution in [2.75, 3.05) is 0 Å². The fourth-order valence-corrected chi connectivity index (χ4v) is 4.35. The molecule has 7 aromatic carbocycles. The number of benzene rings is 7. The van der Waals surface area contributed by atoms with Gasteiger partial charge in [-0.25, -0.2) is 0 Å². The van der Waals surface area contributed by atoms with E-state index in [0.717, 1.165) is 0 Å². The van der Waals surface area contributed by atoms with Crippen molar-refractivity contribution in [2.45, 2.75) is 0 Å². The molecule has 162 valence electrons. The molecule has 0 radical (unpaired) electrons. The van der Waals surface area contributed by atoms with E-state index in [4.69, 9.17) is 26.3 Å². The average molecular weight is 465 g/mol. The van der Waals surface area contributed by atoms with Crippen molar-refractivity contribution < 1.29 is 31.8 Å². The van der Waals surface area contributed by atoms with Crippen LogP contribution in [0.5, 0.6) is 0 Å². The molecule has 0 saturated carbocycles. The van der Waals surface area contributed by atoms with Gasteiger partial charge in [0.1, 0.15) is 11.2 Å². The van der Waals surface area contributed by atoms with Crippen LogP contribution < -0.4 is 0 Å². The van der Waals surface area contributed by atoms with Crippen molar-refractivity contribution in [3.05, 3.63) is 121 Å². The Bertz CT molecular complexity index is 3200. The number of hydrogen-bond acceptors (Lipinski definition) is 1. The number of furan rings is 1. The standard InChI is InChI=1S/C34H20O/c1-4-10-25-21(7-1)13-16-28-30(25)19-23-9-3-5-11-26(23)33(28)24-15-18-32-31(20-24)29-17-14-22-8-2-6-12-27(22)34(29)35-32/h1-20H/i1D,2D,3D,4D,5D,6D,7D,8D,9D,10D,11D,12D,13D,14D,15D,16D,17D,18D,19D,20D. The van der Waals surface area contributed by atoms with Gasteiger partial charge in [0.15, 0.2) is 0 Å². The second-order valence-corrected chi connectivity index (χ2v) is 7.76.